The Morgan fingerprint density at radius 3 is 2.17 bits per heavy atom. The minimum Gasteiger partial charge on any atom is -0.383 e. The quantitative estimate of drug-likeness (QED) is 0.226. The molecule has 0 aromatic carbocycles. The first-order valence-electron chi connectivity index (χ1n) is 6.44. The van der Waals surface area contributed by atoms with Crippen LogP contribution in [0.4, 0.5) is 0 Å². The summed E-state index contributed by atoms with van der Waals surface area (Å²) in [6.45, 7) is 4.32. The molecule has 0 aliphatic rings. The first-order valence-corrected chi connectivity index (χ1v) is 6.44. The number of hydrogen-bond donors (Lipinski definition) is 2. The summed E-state index contributed by atoms with van der Waals surface area (Å²) in [5.41, 5.74) is 2.14. The minimum absolute atomic E-state index is 0.0920. The van der Waals surface area contributed by atoms with Crippen molar-refractivity contribution >= 4 is 5.91 Å². The van der Waals surface area contributed by atoms with Gasteiger partial charge in [0.1, 0.15) is 0 Å². The van der Waals surface area contributed by atoms with Crippen molar-refractivity contribution in [2.75, 3.05) is 47.1 Å². The van der Waals surface area contributed by atoms with Gasteiger partial charge in [-0.2, -0.15) is 0 Å². The van der Waals surface area contributed by atoms with Crippen molar-refractivity contribution in [3.63, 3.8) is 0 Å². The second-order valence-corrected chi connectivity index (χ2v) is 4.21. The van der Waals surface area contributed by atoms with Gasteiger partial charge in [0.2, 0.25) is 5.91 Å². The van der Waals surface area contributed by atoms with Gasteiger partial charge >= 0.3 is 0 Å². The minimum atomic E-state index is -0.0920. The third kappa shape index (κ3) is 10.5. The third-order valence-corrected chi connectivity index (χ3v) is 2.76. The maximum Gasteiger partial charge on any atom is 0.233 e. The van der Waals surface area contributed by atoms with Crippen LogP contribution in [0.5, 0.6) is 0 Å². The molecule has 0 fully saturated rings. The monoisotopic (exact) mass is 261 g/mol. The van der Waals surface area contributed by atoms with Crippen LogP contribution in [0.2, 0.25) is 0 Å². The summed E-state index contributed by atoms with van der Waals surface area (Å²) in [4.78, 5) is 13.2. The third-order valence-electron chi connectivity index (χ3n) is 2.76. The van der Waals surface area contributed by atoms with Crippen molar-refractivity contribution in [3.05, 3.63) is 0 Å². The number of carbonyl (C=O) groups is 1. The summed E-state index contributed by atoms with van der Waals surface area (Å²) in [5, 5.41) is 0. The second kappa shape index (κ2) is 12.8. The number of amides is 1. The van der Waals surface area contributed by atoms with Gasteiger partial charge in [0, 0.05) is 33.7 Å². The molecule has 18 heavy (non-hydrogen) atoms. The van der Waals surface area contributed by atoms with Gasteiger partial charge in [-0.1, -0.05) is 6.42 Å². The number of carbonyl (C=O) groups excluding carboxylic acids is 1. The molecule has 108 valence electrons. The summed E-state index contributed by atoms with van der Waals surface area (Å²) < 4.78 is 10.2. The van der Waals surface area contributed by atoms with Crippen molar-refractivity contribution in [1.82, 2.24) is 10.3 Å². The van der Waals surface area contributed by atoms with Crippen molar-refractivity contribution in [2.45, 2.75) is 25.7 Å². The fourth-order valence-electron chi connectivity index (χ4n) is 1.65. The second-order valence-electron chi connectivity index (χ2n) is 4.21. The van der Waals surface area contributed by atoms with Gasteiger partial charge in [-0.3, -0.25) is 15.1 Å². The summed E-state index contributed by atoms with van der Waals surface area (Å²) in [7, 11) is 3.42. The largest absolute Gasteiger partial charge is 0.383 e. The van der Waals surface area contributed by atoms with Crippen LogP contribution >= 0.6 is 0 Å². The molecule has 0 saturated heterocycles. The van der Waals surface area contributed by atoms with E-state index in [1.807, 2.05) is 0 Å². The van der Waals surface area contributed by atoms with Crippen molar-refractivity contribution in [3.8, 4) is 0 Å². The number of ether oxygens (including phenoxy) is 2. The van der Waals surface area contributed by atoms with E-state index in [9.17, 15) is 4.79 Å². The Bertz CT molecular complexity index is 195. The number of nitrogens with two attached hydrogens (primary N) is 1. The average molecular weight is 261 g/mol. The molecule has 0 aromatic heterocycles. The molecular weight excluding hydrogens is 234 g/mol. The number of nitrogens with one attached hydrogen (secondary N) is 1. The number of nitrogens with zero attached hydrogens (tertiary/aromatic N) is 1. The lowest BCUT2D eigenvalue weighted by Crippen LogP contribution is -2.32. The van der Waals surface area contributed by atoms with Crippen LogP contribution in [0, 0.1) is 0 Å². The van der Waals surface area contributed by atoms with Gasteiger partial charge in [-0.15, -0.1) is 0 Å². The fraction of sp³-hybridized carbons (Fsp3) is 0.917. The van der Waals surface area contributed by atoms with Crippen LogP contribution in [-0.2, 0) is 14.3 Å². The van der Waals surface area contributed by atoms with Gasteiger partial charge in [0.25, 0.3) is 0 Å². The lowest BCUT2D eigenvalue weighted by atomic mass is 10.2. The predicted molar refractivity (Wildman–Crippen MR) is 71.0 cm³/mol. The van der Waals surface area contributed by atoms with Gasteiger partial charge in [-0.05, 0) is 19.4 Å². The molecule has 6 heteroatoms. The van der Waals surface area contributed by atoms with E-state index in [1.165, 1.54) is 0 Å². The standard InChI is InChI=1S/C12H27N3O3/c1-17-10-8-15(9-11-18-2)7-5-3-4-6-12(16)14-13/h3-11,13H2,1-2H3,(H,14,16). The van der Waals surface area contributed by atoms with Crippen LogP contribution in [0.3, 0.4) is 0 Å². The number of hydrazine groups is 1. The van der Waals surface area contributed by atoms with Gasteiger partial charge < -0.3 is 9.47 Å². The van der Waals surface area contributed by atoms with Crippen molar-refractivity contribution in [1.29, 1.82) is 0 Å². The van der Waals surface area contributed by atoms with Crippen LogP contribution in [0.25, 0.3) is 0 Å². The van der Waals surface area contributed by atoms with E-state index >= 15 is 0 Å². The van der Waals surface area contributed by atoms with Gasteiger partial charge in [-0.25, -0.2) is 5.84 Å². The molecule has 6 nitrogen and oxygen atoms in total. The topological polar surface area (TPSA) is 76.8 Å². The molecule has 3 N–H and O–H groups in total. The molecule has 0 aliphatic heterocycles. The van der Waals surface area contributed by atoms with E-state index in [0.29, 0.717) is 6.42 Å². The summed E-state index contributed by atoms with van der Waals surface area (Å²) in [5.74, 6) is 4.92. The van der Waals surface area contributed by atoms with Crippen molar-refractivity contribution < 1.29 is 14.3 Å². The molecule has 0 aliphatic carbocycles. The van der Waals surface area contributed by atoms with E-state index in [1.54, 1.807) is 14.2 Å². The first kappa shape index (κ1) is 17.3. The Labute approximate surface area is 110 Å². The van der Waals surface area contributed by atoms with E-state index < -0.39 is 0 Å². The van der Waals surface area contributed by atoms with Crippen LogP contribution in [0.1, 0.15) is 25.7 Å². The highest BCUT2D eigenvalue weighted by Crippen LogP contribution is 2.02. The van der Waals surface area contributed by atoms with Crippen LogP contribution in [0.15, 0.2) is 0 Å². The van der Waals surface area contributed by atoms with E-state index in [-0.39, 0.29) is 5.91 Å². The Kier molecular flexibility index (Phi) is 12.3. The zero-order valence-electron chi connectivity index (χ0n) is 11.6. The molecule has 0 spiro atoms. The van der Waals surface area contributed by atoms with Gasteiger partial charge in [0.15, 0.2) is 0 Å². The molecule has 0 radical (unpaired) electrons. The lowest BCUT2D eigenvalue weighted by molar-refractivity contribution is -0.121. The van der Waals surface area contributed by atoms with Crippen LogP contribution in [-0.4, -0.2) is 57.9 Å². The maximum atomic E-state index is 10.9. The average Bonchev–Trinajstić information content (AvgIpc) is 2.40. The Balaban J connectivity index is 3.57. The van der Waals surface area contributed by atoms with Crippen LogP contribution < -0.4 is 11.3 Å². The molecule has 1 amide bonds. The number of methoxy groups -OCH3 is 2. The molecule has 0 atom stereocenters. The Morgan fingerprint density at radius 2 is 1.67 bits per heavy atom. The zero-order chi connectivity index (χ0) is 13.6. The smallest absolute Gasteiger partial charge is 0.233 e. The van der Waals surface area contributed by atoms with Crippen molar-refractivity contribution in [2.24, 2.45) is 5.84 Å². The molecule has 0 aromatic rings. The fourth-order valence-corrected chi connectivity index (χ4v) is 1.65. The lowest BCUT2D eigenvalue weighted by Gasteiger charge is -2.21. The number of rotatable bonds is 12. The highest BCUT2D eigenvalue weighted by Gasteiger charge is 2.04. The highest BCUT2D eigenvalue weighted by atomic mass is 16.5. The van der Waals surface area contributed by atoms with E-state index in [0.717, 1.165) is 52.1 Å². The highest BCUT2D eigenvalue weighted by molar-refractivity contribution is 5.74. The first-order chi connectivity index (χ1) is 8.74. The van der Waals surface area contributed by atoms with E-state index in [4.69, 9.17) is 15.3 Å². The molecule has 0 unspecified atom stereocenters. The zero-order valence-corrected chi connectivity index (χ0v) is 11.6. The molecule has 0 bridgehead atoms. The number of unbranched alkanes of at least 4 members (excludes halogenated alkanes) is 2. The Hall–Kier alpha value is -0.690. The summed E-state index contributed by atoms with van der Waals surface area (Å²) >= 11 is 0. The molecule has 0 rings (SSSR count). The maximum absolute atomic E-state index is 10.9. The molecule has 0 heterocycles. The van der Waals surface area contributed by atoms with Gasteiger partial charge in [0.05, 0.1) is 13.2 Å². The summed E-state index contributed by atoms with van der Waals surface area (Å²) in [6.07, 6.45) is 3.49. The molecule has 0 saturated carbocycles. The summed E-state index contributed by atoms with van der Waals surface area (Å²) in [6, 6.07) is 0. The van der Waals surface area contributed by atoms with E-state index in [2.05, 4.69) is 10.3 Å². The SMILES string of the molecule is COCCN(CCCCCC(=O)NN)CCOC. The Morgan fingerprint density at radius 1 is 1.06 bits per heavy atom. The normalized spacial score (nSPS) is 10.9. The number of hydrogen-bond acceptors (Lipinski definition) is 5. The molecular formula is C12H27N3O3. The predicted octanol–water partition coefficient (Wildman–Crippen LogP) is 0.132.